The second kappa shape index (κ2) is 12.7. The summed E-state index contributed by atoms with van der Waals surface area (Å²) >= 11 is 0. The molecule has 3 aromatic carbocycles. The molecule has 3 rings (SSSR count). The highest BCUT2D eigenvalue weighted by Crippen LogP contribution is 2.26. The van der Waals surface area contributed by atoms with E-state index >= 15 is 0 Å². The molecule has 0 heterocycles. The van der Waals surface area contributed by atoms with Gasteiger partial charge in [0.25, 0.3) is 0 Å². The first-order valence-corrected chi connectivity index (χ1v) is 13.0. The Bertz CT molecular complexity index is 1180. The molecule has 3 aromatic rings. The molecule has 0 atom stereocenters. The fraction of sp³-hybridized carbons (Fsp3) is 0.269. The van der Waals surface area contributed by atoms with E-state index in [1.165, 1.54) is 4.31 Å². The molecule has 9 heteroatoms. The number of hydrogen-bond donors (Lipinski definition) is 1. The van der Waals surface area contributed by atoms with Gasteiger partial charge in [0.2, 0.25) is 15.9 Å². The van der Waals surface area contributed by atoms with Crippen molar-refractivity contribution >= 4 is 21.6 Å². The smallest absolute Gasteiger partial charge is 0.232 e. The number of nitrogens with one attached hydrogen (secondary N) is 1. The number of amides is 1. The number of rotatable bonds is 13. The molecule has 0 aromatic heterocycles. The average Bonchev–Trinajstić information content (AvgIpc) is 2.85. The van der Waals surface area contributed by atoms with Crippen molar-refractivity contribution in [2.24, 2.45) is 0 Å². The Balaban J connectivity index is 1.45. The van der Waals surface area contributed by atoms with E-state index in [2.05, 4.69) is 5.32 Å². The molecule has 0 spiro atoms. The van der Waals surface area contributed by atoms with Gasteiger partial charge in [0.05, 0.1) is 25.6 Å². The number of methoxy groups -OCH3 is 1. The molecular weight excluding hydrogens is 468 g/mol. The highest BCUT2D eigenvalue weighted by Gasteiger charge is 2.18. The van der Waals surface area contributed by atoms with Gasteiger partial charge in [-0.3, -0.25) is 9.10 Å². The van der Waals surface area contributed by atoms with E-state index in [1.54, 1.807) is 43.5 Å². The fourth-order valence-corrected chi connectivity index (χ4v) is 4.32. The van der Waals surface area contributed by atoms with Gasteiger partial charge in [-0.25, -0.2) is 8.42 Å². The van der Waals surface area contributed by atoms with Crippen molar-refractivity contribution in [2.45, 2.75) is 12.8 Å². The van der Waals surface area contributed by atoms with Crippen molar-refractivity contribution in [3.05, 3.63) is 78.9 Å². The minimum Gasteiger partial charge on any atom is -0.493 e. The molecule has 0 radical (unpaired) electrons. The van der Waals surface area contributed by atoms with Crippen molar-refractivity contribution in [1.29, 1.82) is 0 Å². The second-order valence-electron chi connectivity index (χ2n) is 7.70. The number of ether oxygens (including phenoxy) is 3. The van der Waals surface area contributed by atoms with E-state index in [0.717, 1.165) is 6.26 Å². The van der Waals surface area contributed by atoms with Crippen molar-refractivity contribution in [3.8, 4) is 23.0 Å². The summed E-state index contributed by atoms with van der Waals surface area (Å²) in [5, 5.41) is 2.78. The fourth-order valence-electron chi connectivity index (χ4n) is 3.35. The topological polar surface area (TPSA) is 94.2 Å². The van der Waals surface area contributed by atoms with Crippen LogP contribution in [0.1, 0.15) is 12.8 Å². The number of carbonyl (C=O) groups is 1. The van der Waals surface area contributed by atoms with Crippen molar-refractivity contribution in [1.82, 2.24) is 5.32 Å². The normalized spacial score (nSPS) is 10.9. The van der Waals surface area contributed by atoms with Crippen LogP contribution in [-0.2, 0) is 14.8 Å². The summed E-state index contributed by atoms with van der Waals surface area (Å²) in [6.45, 7) is 0.803. The number of nitrogens with zero attached hydrogens (tertiary/aromatic N) is 1. The van der Waals surface area contributed by atoms with Crippen LogP contribution in [0.25, 0.3) is 0 Å². The molecule has 0 bridgehead atoms. The number of benzene rings is 3. The molecule has 1 N–H and O–H groups in total. The van der Waals surface area contributed by atoms with E-state index in [-0.39, 0.29) is 18.9 Å². The molecular formula is C26H30N2O6S. The van der Waals surface area contributed by atoms with Crippen LogP contribution >= 0.6 is 0 Å². The van der Waals surface area contributed by atoms with Gasteiger partial charge in [-0.2, -0.15) is 0 Å². The Morgan fingerprint density at radius 1 is 0.886 bits per heavy atom. The minimum atomic E-state index is -3.52. The van der Waals surface area contributed by atoms with E-state index in [9.17, 15) is 13.2 Å². The molecule has 0 unspecified atom stereocenters. The summed E-state index contributed by atoms with van der Waals surface area (Å²) in [6, 6.07) is 23.4. The van der Waals surface area contributed by atoms with Gasteiger partial charge < -0.3 is 19.5 Å². The predicted octanol–water partition coefficient (Wildman–Crippen LogP) is 4.23. The molecule has 35 heavy (non-hydrogen) atoms. The van der Waals surface area contributed by atoms with Gasteiger partial charge in [0.1, 0.15) is 18.1 Å². The third-order valence-electron chi connectivity index (χ3n) is 5.02. The Hall–Kier alpha value is -3.72. The average molecular weight is 499 g/mol. The minimum absolute atomic E-state index is 0.173. The molecule has 0 aliphatic heterocycles. The second-order valence-corrected chi connectivity index (χ2v) is 9.60. The monoisotopic (exact) mass is 498 g/mol. The molecule has 0 saturated heterocycles. The first kappa shape index (κ1) is 25.9. The lowest BCUT2D eigenvalue weighted by atomic mass is 10.2. The van der Waals surface area contributed by atoms with Crippen LogP contribution in [0.4, 0.5) is 5.69 Å². The third kappa shape index (κ3) is 8.22. The lowest BCUT2D eigenvalue weighted by Crippen LogP contribution is -2.32. The first-order chi connectivity index (χ1) is 16.9. The third-order valence-corrected chi connectivity index (χ3v) is 6.21. The van der Waals surface area contributed by atoms with Gasteiger partial charge >= 0.3 is 0 Å². The highest BCUT2D eigenvalue weighted by atomic mass is 32.2. The number of anilines is 1. The largest absolute Gasteiger partial charge is 0.493 e. The van der Waals surface area contributed by atoms with Gasteiger partial charge in [-0.15, -0.1) is 0 Å². The van der Waals surface area contributed by atoms with Gasteiger partial charge in [0, 0.05) is 13.0 Å². The Kier molecular flexibility index (Phi) is 9.37. The van der Waals surface area contributed by atoms with Gasteiger partial charge in [-0.05, 0) is 55.0 Å². The van der Waals surface area contributed by atoms with Gasteiger partial charge in [-0.1, -0.05) is 30.3 Å². The van der Waals surface area contributed by atoms with E-state index in [4.69, 9.17) is 14.2 Å². The van der Waals surface area contributed by atoms with Crippen LogP contribution in [0.3, 0.4) is 0 Å². The number of para-hydroxylation sites is 3. The van der Waals surface area contributed by atoms with Crippen LogP contribution < -0.4 is 23.8 Å². The maximum atomic E-state index is 12.3. The summed E-state index contributed by atoms with van der Waals surface area (Å²) in [4.78, 5) is 12.2. The van der Waals surface area contributed by atoms with Crippen LogP contribution in [0.2, 0.25) is 0 Å². The summed E-state index contributed by atoms with van der Waals surface area (Å²) < 4.78 is 42.6. The van der Waals surface area contributed by atoms with E-state index in [0.29, 0.717) is 48.3 Å². The van der Waals surface area contributed by atoms with Crippen LogP contribution in [0, 0.1) is 0 Å². The summed E-state index contributed by atoms with van der Waals surface area (Å²) in [7, 11) is -1.95. The molecule has 0 aliphatic carbocycles. The Morgan fingerprint density at radius 3 is 2.17 bits per heavy atom. The van der Waals surface area contributed by atoms with Crippen molar-refractivity contribution in [2.75, 3.05) is 37.4 Å². The Labute approximate surface area is 206 Å². The summed E-state index contributed by atoms with van der Waals surface area (Å²) in [5.41, 5.74) is 0.513. The molecule has 186 valence electrons. The van der Waals surface area contributed by atoms with E-state index in [1.807, 2.05) is 42.5 Å². The lowest BCUT2D eigenvalue weighted by molar-refractivity contribution is -0.121. The van der Waals surface area contributed by atoms with Crippen LogP contribution in [0.5, 0.6) is 23.0 Å². The van der Waals surface area contributed by atoms with Crippen LogP contribution in [0.15, 0.2) is 78.9 Å². The molecule has 0 saturated carbocycles. The van der Waals surface area contributed by atoms with Crippen molar-refractivity contribution in [3.63, 3.8) is 0 Å². The summed E-state index contributed by atoms with van der Waals surface area (Å²) in [6.07, 6.45) is 1.71. The zero-order valence-electron chi connectivity index (χ0n) is 19.8. The molecule has 1 amide bonds. The maximum Gasteiger partial charge on any atom is 0.232 e. The standard InChI is InChI=1S/C26H30N2O6S/c1-32-24-11-6-7-12-25(24)33-20-18-27-26(29)13-8-19-28(35(2,30)31)21-14-16-23(17-15-21)34-22-9-4-3-5-10-22/h3-7,9-12,14-17H,8,13,18-20H2,1-2H3,(H,27,29). The predicted molar refractivity (Wildman–Crippen MR) is 136 cm³/mol. The zero-order valence-corrected chi connectivity index (χ0v) is 20.7. The van der Waals surface area contributed by atoms with Gasteiger partial charge in [0.15, 0.2) is 11.5 Å². The Morgan fingerprint density at radius 2 is 1.51 bits per heavy atom. The number of hydrogen-bond acceptors (Lipinski definition) is 6. The molecule has 8 nitrogen and oxygen atoms in total. The van der Waals surface area contributed by atoms with Crippen LogP contribution in [-0.4, -0.2) is 47.4 Å². The first-order valence-electron chi connectivity index (χ1n) is 11.2. The summed E-state index contributed by atoms with van der Waals surface area (Å²) in [5.74, 6) is 2.35. The maximum absolute atomic E-state index is 12.3. The number of sulfonamides is 1. The van der Waals surface area contributed by atoms with E-state index < -0.39 is 10.0 Å². The molecule has 0 fully saturated rings. The number of carbonyl (C=O) groups excluding carboxylic acids is 1. The SMILES string of the molecule is COc1ccccc1OCCNC(=O)CCCN(c1ccc(Oc2ccccc2)cc1)S(C)(=O)=O. The van der Waals surface area contributed by atoms with Crippen molar-refractivity contribution < 1.29 is 27.4 Å². The zero-order chi connectivity index (χ0) is 25.1. The quantitative estimate of drug-likeness (QED) is 0.355. The lowest BCUT2D eigenvalue weighted by Gasteiger charge is -2.22. The highest BCUT2D eigenvalue weighted by molar-refractivity contribution is 7.92. The molecule has 0 aliphatic rings.